The van der Waals surface area contributed by atoms with Crippen LogP contribution in [-0.2, 0) is 4.74 Å². The number of methoxy groups -OCH3 is 1. The zero-order valence-electron chi connectivity index (χ0n) is 11.1. The predicted octanol–water partition coefficient (Wildman–Crippen LogP) is 0.218. The number of aryl methyl sites for hydroxylation is 1. The molecule has 18 heavy (non-hydrogen) atoms. The number of hydrogen-bond acceptors (Lipinski definition) is 6. The van der Waals surface area contributed by atoms with E-state index >= 15 is 0 Å². The van der Waals surface area contributed by atoms with Crippen molar-refractivity contribution in [1.29, 1.82) is 0 Å². The van der Waals surface area contributed by atoms with Crippen LogP contribution in [0.2, 0.25) is 0 Å². The van der Waals surface area contributed by atoms with Gasteiger partial charge in [-0.25, -0.2) is 4.98 Å². The zero-order valence-corrected chi connectivity index (χ0v) is 11.1. The fourth-order valence-corrected chi connectivity index (χ4v) is 2.08. The number of ether oxygens (including phenoxy) is 2. The highest BCUT2D eigenvalue weighted by Gasteiger charge is 2.25. The third-order valence-electron chi connectivity index (χ3n) is 2.95. The highest BCUT2D eigenvalue weighted by Crippen LogP contribution is 2.19. The highest BCUT2D eigenvalue weighted by molar-refractivity contribution is 5.36. The quantitative estimate of drug-likeness (QED) is 0.827. The van der Waals surface area contributed by atoms with Crippen molar-refractivity contribution in [2.75, 3.05) is 45.4 Å². The molecule has 2 heterocycles. The summed E-state index contributed by atoms with van der Waals surface area (Å²) in [6.07, 6.45) is 0. The molecule has 0 saturated carbocycles. The summed E-state index contributed by atoms with van der Waals surface area (Å²) in [5, 5.41) is 3.17. The molecule has 1 aromatic rings. The maximum atomic E-state index is 5.50. The molecule has 0 radical (unpaired) electrons. The molecule has 0 spiro atoms. The van der Waals surface area contributed by atoms with E-state index in [0.29, 0.717) is 19.1 Å². The first-order chi connectivity index (χ1) is 8.74. The Morgan fingerprint density at radius 1 is 1.56 bits per heavy atom. The molecule has 0 aliphatic carbocycles. The Morgan fingerprint density at radius 2 is 2.39 bits per heavy atom. The van der Waals surface area contributed by atoms with Crippen molar-refractivity contribution in [3.8, 4) is 5.88 Å². The van der Waals surface area contributed by atoms with Gasteiger partial charge in [0.2, 0.25) is 11.8 Å². The second-order valence-electron chi connectivity index (χ2n) is 4.33. The van der Waals surface area contributed by atoms with Gasteiger partial charge in [0.25, 0.3) is 0 Å². The molecular weight excluding hydrogens is 232 g/mol. The summed E-state index contributed by atoms with van der Waals surface area (Å²) in [6.45, 7) is 5.00. The normalized spacial score (nSPS) is 19.9. The summed E-state index contributed by atoms with van der Waals surface area (Å²) in [5.74, 6) is 1.32. The van der Waals surface area contributed by atoms with Gasteiger partial charge in [-0.05, 0) is 14.0 Å². The first kappa shape index (κ1) is 13.0. The van der Waals surface area contributed by atoms with Crippen molar-refractivity contribution >= 4 is 5.95 Å². The molecule has 1 N–H and O–H groups in total. The molecule has 1 atom stereocenters. The van der Waals surface area contributed by atoms with Crippen LogP contribution < -0.4 is 15.0 Å². The maximum Gasteiger partial charge on any atom is 0.229 e. The molecule has 1 unspecified atom stereocenters. The summed E-state index contributed by atoms with van der Waals surface area (Å²) < 4.78 is 10.7. The smallest absolute Gasteiger partial charge is 0.229 e. The third-order valence-corrected chi connectivity index (χ3v) is 2.95. The van der Waals surface area contributed by atoms with E-state index in [1.54, 1.807) is 7.11 Å². The largest absolute Gasteiger partial charge is 0.481 e. The highest BCUT2D eigenvalue weighted by atomic mass is 16.5. The fourth-order valence-electron chi connectivity index (χ4n) is 2.08. The number of aromatic nitrogens is 2. The van der Waals surface area contributed by atoms with Crippen LogP contribution in [0.25, 0.3) is 0 Å². The van der Waals surface area contributed by atoms with Gasteiger partial charge in [-0.2, -0.15) is 4.98 Å². The lowest BCUT2D eigenvalue weighted by Gasteiger charge is -2.35. The summed E-state index contributed by atoms with van der Waals surface area (Å²) in [6, 6.07) is 2.09. The van der Waals surface area contributed by atoms with E-state index in [1.807, 2.05) is 20.0 Å². The van der Waals surface area contributed by atoms with E-state index in [2.05, 4.69) is 20.2 Å². The molecule has 0 bridgehead atoms. The van der Waals surface area contributed by atoms with Gasteiger partial charge in [-0.1, -0.05) is 0 Å². The van der Waals surface area contributed by atoms with Crippen molar-refractivity contribution in [3.63, 3.8) is 0 Å². The summed E-state index contributed by atoms with van der Waals surface area (Å²) in [5.41, 5.74) is 0.909. The van der Waals surface area contributed by atoms with Crippen LogP contribution in [0.15, 0.2) is 6.07 Å². The molecule has 100 valence electrons. The van der Waals surface area contributed by atoms with Gasteiger partial charge in [-0.3, -0.25) is 0 Å². The topological polar surface area (TPSA) is 59.5 Å². The average molecular weight is 252 g/mol. The minimum Gasteiger partial charge on any atom is -0.481 e. The molecule has 1 aliphatic heterocycles. The van der Waals surface area contributed by atoms with Crippen molar-refractivity contribution in [3.05, 3.63) is 11.8 Å². The standard InChI is InChI=1S/C12H20N4O2/c1-9-6-11(17-3)15-12(14-9)16-4-5-18-8-10(16)7-13-2/h6,10,13H,4-5,7-8H2,1-3H3. The first-order valence-corrected chi connectivity index (χ1v) is 6.13. The molecule has 1 saturated heterocycles. The lowest BCUT2D eigenvalue weighted by atomic mass is 10.2. The van der Waals surface area contributed by atoms with E-state index < -0.39 is 0 Å². The second kappa shape index (κ2) is 5.97. The van der Waals surface area contributed by atoms with E-state index in [4.69, 9.17) is 9.47 Å². The second-order valence-corrected chi connectivity index (χ2v) is 4.33. The lowest BCUT2D eigenvalue weighted by Crippen LogP contribution is -2.50. The predicted molar refractivity (Wildman–Crippen MR) is 69.2 cm³/mol. The Balaban J connectivity index is 2.24. The van der Waals surface area contributed by atoms with Gasteiger partial charge in [-0.15, -0.1) is 0 Å². The Morgan fingerprint density at radius 3 is 3.11 bits per heavy atom. The Bertz CT molecular complexity index is 398. The van der Waals surface area contributed by atoms with Crippen LogP contribution in [0.4, 0.5) is 5.95 Å². The molecule has 1 fully saturated rings. The van der Waals surface area contributed by atoms with E-state index in [1.165, 1.54) is 0 Å². The maximum absolute atomic E-state index is 5.50. The van der Waals surface area contributed by atoms with Crippen molar-refractivity contribution in [2.24, 2.45) is 0 Å². The molecular formula is C12H20N4O2. The van der Waals surface area contributed by atoms with Gasteiger partial charge >= 0.3 is 0 Å². The number of likely N-dealkylation sites (N-methyl/N-ethyl adjacent to an activating group) is 1. The van der Waals surface area contributed by atoms with Gasteiger partial charge < -0.3 is 19.7 Å². The van der Waals surface area contributed by atoms with Gasteiger partial charge in [0, 0.05) is 24.8 Å². The van der Waals surface area contributed by atoms with Crippen LogP contribution >= 0.6 is 0 Å². The van der Waals surface area contributed by atoms with Crippen LogP contribution in [-0.4, -0.2) is 56.5 Å². The van der Waals surface area contributed by atoms with Crippen LogP contribution in [0.5, 0.6) is 5.88 Å². The molecule has 0 aromatic carbocycles. The number of anilines is 1. The number of nitrogens with zero attached hydrogens (tertiary/aromatic N) is 3. The van der Waals surface area contributed by atoms with E-state index in [-0.39, 0.29) is 6.04 Å². The number of rotatable bonds is 4. The van der Waals surface area contributed by atoms with E-state index in [9.17, 15) is 0 Å². The third kappa shape index (κ3) is 2.88. The molecule has 6 heteroatoms. The summed E-state index contributed by atoms with van der Waals surface area (Å²) in [7, 11) is 3.56. The minimum atomic E-state index is 0.259. The monoisotopic (exact) mass is 252 g/mol. The summed E-state index contributed by atoms with van der Waals surface area (Å²) >= 11 is 0. The van der Waals surface area contributed by atoms with Crippen molar-refractivity contribution in [2.45, 2.75) is 13.0 Å². The van der Waals surface area contributed by atoms with Crippen molar-refractivity contribution < 1.29 is 9.47 Å². The van der Waals surface area contributed by atoms with Gasteiger partial charge in [0.15, 0.2) is 0 Å². The number of nitrogens with one attached hydrogen (secondary N) is 1. The van der Waals surface area contributed by atoms with Gasteiger partial charge in [0.05, 0.1) is 26.4 Å². The van der Waals surface area contributed by atoms with Crippen LogP contribution in [0.3, 0.4) is 0 Å². The van der Waals surface area contributed by atoms with Crippen LogP contribution in [0.1, 0.15) is 5.69 Å². The molecule has 1 aliphatic rings. The Hall–Kier alpha value is -1.40. The number of hydrogen-bond donors (Lipinski definition) is 1. The molecule has 0 amide bonds. The number of morpholine rings is 1. The minimum absolute atomic E-state index is 0.259. The fraction of sp³-hybridized carbons (Fsp3) is 0.667. The molecule has 2 rings (SSSR count). The van der Waals surface area contributed by atoms with Crippen LogP contribution in [0, 0.1) is 6.92 Å². The zero-order chi connectivity index (χ0) is 13.0. The Labute approximate surface area is 107 Å². The van der Waals surface area contributed by atoms with Crippen molar-refractivity contribution in [1.82, 2.24) is 15.3 Å². The lowest BCUT2D eigenvalue weighted by molar-refractivity contribution is 0.0933. The average Bonchev–Trinajstić information content (AvgIpc) is 2.39. The van der Waals surface area contributed by atoms with E-state index in [0.717, 1.165) is 24.7 Å². The molecule has 1 aromatic heterocycles. The molecule has 6 nitrogen and oxygen atoms in total. The van der Waals surface area contributed by atoms with Gasteiger partial charge in [0.1, 0.15) is 0 Å². The first-order valence-electron chi connectivity index (χ1n) is 6.13. The SMILES string of the molecule is CNCC1COCCN1c1nc(C)cc(OC)n1. The Kier molecular flexibility index (Phi) is 4.33. The summed E-state index contributed by atoms with van der Waals surface area (Å²) in [4.78, 5) is 11.1.